The number of hydrogen-bond donors (Lipinski definition) is 1. The van der Waals surface area contributed by atoms with Crippen LogP contribution in [-0.2, 0) is 17.6 Å². The molecular formula is C24H25NO4. The van der Waals surface area contributed by atoms with Crippen LogP contribution in [-0.4, -0.2) is 22.7 Å². The monoisotopic (exact) mass is 391 g/mol. The Morgan fingerprint density at radius 3 is 2.76 bits per heavy atom. The van der Waals surface area contributed by atoms with Gasteiger partial charge in [0.2, 0.25) is 5.89 Å². The Morgan fingerprint density at radius 1 is 1.21 bits per heavy atom. The molecule has 1 N–H and O–H groups in total. The zero-order chi connectivity index (χ0) is 20.4. The summed E-state index contributed by atoms with van der Waals surface area (Å²) < 4.78 is 11.9. The quantitative estimate of drug-likeness (QED) is 0.608. The van der Waals surface area contributed by atoms with Crippen LogP contribution < -0.4 is 4.74 Å². The molecule has 1 heterocycles. The number of ether oxygens (including phenoxy) is 1. The predicted octanol–water partition coefficient (Wildman–Crippen LogP) is 5.08. The number of benzene rings is 2. The molecule has 5 heteroatoms. The number of nitrogens with zero attached hydrogens (tertiary/aromatic N) is 1. The lowest BCUT2D eigenvalue weighted by Gasteiger charge is -2.10. The van der Waals surface area contributed by atoms with Crippen molar-refractivity contribution >= 4 is 5.97 Å². The largest absolute Gasteiger partial charge is 0.493 e. The maximum Gasteiger partial charge on any atom is 0.303 e. The third kappa shape index (κ3) is 4.34. The number of carboxylic acid groups (broad SMARTS) is 1. The van der Waals surface area contributed by atoms with E-state index < -0.39 is 5.97 Å². The lowest BCUT2D eigenvalue weighted by atomic mass is 9.98. The van der Waals surface area contributed by atoms with Crippen molar-refractivity contribution in [3.63, 3.8) is 0 Å². The Labute approximate surface area is 170 Å². The molecule has 3 aromatic rings. The van der Waals surface area contributed by atoms with E-state index in [2.05, 4.69) is 11.9 Å². The smallest absolute Gasteiger partial charge is 0.303 e. The van der Waals surface area contributed by atoms with Gasteiger partial charge >= 0.3 is 5.97 Å². The number of fused-ring (bicyclic) bond motifs is 1. The fraction of sp³-hybridized carbons (Fsp3) is 0.333. The van der Waals surface area contributed by atoms with Gasteiger partial charge in [0.25, 0.3) is 0 Å². The fourth-order valence-electron chi connectivity index (χ4n) is 3.94. The average molecular weight is 391 g/mol. The molecule has 0 fully saturated rings. The lowest BCUT2D eigenvalue weighted by Crippen LogP contribution is -2.04. The van der Waals surface area contributed by atoms with E-state index in [9.17, 15) is 4.79 Å². The molecule has 1 aliphatic rings. The van der Waals surface area contributed by atoms with Crippen LogP contribution in [0.25, 0.3) is 11.5 Å². The van der Waals surface area contributed by atoms with Gasteiger partial charge in [0, 0.05) is 12.0 Å². The molecule has 4 rings (SSSR count). The van der Waals surface area contributed by atoms with Crippen molar-refractivity contribution in [1.82, 2.24) is 4.98 Å². The van der Waals surface area contributed by atoms with Gasteiger partial charge in [-0.05, 0) is 68.0 Å². The molecule has 0 spiro atoms. The molecule has 150 valence electrons. The molecule has 1 atom stereocenters. The highest BCUT2D eigenvalue weighted by molar-refractivity contribution is 5.68. The number of aromatic nitrogens is 1. The Hall–Kier alpha value is -3.08. The third-order valence-corrected chi connectivity index (χ3v) is 5.53. The van der Waals surface area contributed by atoms with Gasteiger partial charge in [-0.1, -0.05) is 23.8 Å². The van der Waals surface area contributed by atoms with Gasteiger partial charge in [0.1, 0.15) is 11.5 Å². The predicted molar refractivity (Wildman–Crippen MR) is 110 cm³/mol. The zero-order valence-electron chi connectivity index (χ0n) is 16.8. The Balaban J connectivity index is 1.37. The Bertz CT molecular complexity index is 1020. The fourth-order valence-corrected chi connectivity index (χ4v) is 3.94. The van der Waals surface area contributed by atoms with Crippen LogP contribution in [0.5, 0.6) is 5.75 Å². The molecule has 0 saturated heterocycles. The summed E-state index contributed by atoms with van der Waals surface area (Å²) in [4.78, 5) is 15.5. The normalized spacial score (nSPS) is 15.3. The van der Waals surface area contributed by atoms with E-state index in [1.807, 2.05) is 49.4 Å². The summed E-state index contributed by atoms with van der Waals surface area (Å²) in [5, 5.41) is 9.05. The number of carboxylic acids is 1. The SMILES string of the molecule is Cc1ccc(-c2nc(C)c(CCOc3ccc4c(c3)CC[C@H]4CC(=O)O)o2)cc1. The van der Waals surface area contributed by atoms with E-state index in [1.165, 1.54) is 11.1 Å². The maximum absolute atomic E-state index is 11.0. The number of carbonyl (C=O) groups is 1. The van der Waals surface area contributed by atoms with Crippen molar-refractivity contribution in [2.45, 2.75) is 45.4 Å². The van der Waals surface area contributed by atoms with Crippen molar-refractivity contribution in [2.24, 2.45) is 0 Å². The minimum absolute atomic E-state index is 0.119. The van der Waals surface area contributed by atoms with Crippen LogP contribution in [0.4, 0.5) is 0 Å². The van der Waals surface area contributed by atoms with Gasteiger partial charge in [-0.25, -0.2) is 4.98 Å². The van der Waals surface area contributed by atoms with Gasteiger partial charge < -0.3 is 14.3 Å². The van der Waals surface area contributed by atoms with Crippen molar-refractivity contribution in [2.75, 3.05) is 6.61 Å². The summed E-state index contributed by atoms with van der Waals surface area (Å²) in [7, 11) is 0. The summed E-state index contributed by atoms with van der Waals surface area (Å²) in [6, 6.07) is 14.1. The molecule has 0 radical (unpaired) electrons. The molecule has 0 amide bonds. The lowest BCUT2D eigenvalue weighted by molar-refractivity contribution is -0.137. The maximum atomic E-state index is 11.0. The molecule has 0 unspecified atom stereocenters. The number of rotatable bonds is 7. The molecule has 0 bridgehead atoms. The van der Waals surface area contributed by atoms with E-state index in [0.29, 0.717) is 18.9 Å². The molecule has 1 aliphatic carbocycles. The number of oxazole rings is 1. The van der Waals surface area contributed by atoms with E-state index in [-0.39, 0.29) is 12.3 Å². The van der Waals surface area contributed by atoms with Crippen LogP contribution in [0, 0.1) is 13.8 Å². The van der Waals surface area contributed by atoms with Crippen LogP contribution >= 0.6 is 0 Å². The van der Waals surface area contributed by atoms with Crippen molar-refractivity contribution in [1.29, 1.82) is 0 Å². The first-order valence-electron chi connectivity index (χ1n) is 10.0. The molecular weight excluding hydrogens is 366 g/mol. The molecule has 29 heavy (non-hydrogen) atoms. The number of aryl methyl sites for hydroxylation is 3. The molecule has 2 aromatic carbocycles. The highest BCUT2D eigenvalue weighted by Crippen LogP contribution is 2.37. The van der Waals surface area contributed by atoms with E-state index >= 15 is 0 Å². The first kappa shape index (κ1) is 19.2. The minimum atomic E-state index is -0.740. The van der Waals surface area contributed by atoms with Crippen LogP contribution in [0.1, 0.15) is 46.9 Å². The second kappa shape index (κ2) is 8.11. The first-order valence-corrected chi connectivity index (χ1v) is 10.0. The van der Waals surface area contributed by atoms with Gasteiger partial charge in [-0.3, -0.25) is 4.79 Å². The zero-order valence-corrected chi connectivity index (χ0v) is 16.8. The summed E-state index contributed by atoms with van der Waals surface area (Å²) >= 11 is 0. The topological polar surface area (TPSA) is 72.6 Å². The molecule has 0 aliphatic heterocycles. The number of aliphatic carboxylic acids is 1. The van der Waals surface area contributed by atoms with E-state index in [0.717, 1.165) is 41.2 Å². The van der Waals surface area contributed by atoms with Gasteiger partial charge in [0.05, 0.1) is 18.7 Å². The summed E-state index contributed by atoms with van der Waals surface area (Å²) in [6.45, 7) is 4.51. The van der Waals surface area contributed by atoms with Crippen molar-refractivity contribution < 1.29 is 19.1 Å². The first-order chi connectivity index (χ1) is 14.0. The van der Waals surface area contributed by atoms with Crippen LogP contribution in [0.2, 0.25) is 0 Å². The van der Waals surface area contributed by atoms with Crippen LogP contribution in [0.15, 0.2) is 46.9 Å². The minimum Gasteiger partial charge on any atom is -0.493 e. The standard InChI is InChI=1S/C24H25NO4/c1-15-3-5-17(6-4-15)24-25-16(2)22(29-24)11-12-28-20-9-10-21-18(13-20)7-8-19(21)14-23(26)27/h3-6,9-10,13,19H,7-8,11-12,14H2,1-2H3,(H,26,27)/t19-/m0/s1. The van der Waals surface area contributed by atoms with Crippen molar-refractivity contribution in [3.8, 4) is 17.2 Å². The van der Waals surface area contributed by atoms with E-state index in [1.54, 1.807) is 0 Å². The summed E-state index contributed by atoms with van der Waals surface area (Å²) in [5.74, 6) is 1.67. The number of hydrogen-bond acceptors (Lipinski definition) is 4. The van der Waals surface area contributed by atoms with E-state index in [4.69, 9.17) is 14.3 Å². The highest BCUT2D eigenvalue weighted by atomic mass is 16.5. The van der Waals surface area contributed by atoms with Gasteiger partial charge in [-0.15, -0.1) is 0 Å². The average Bonchev–Trinajstić information content (AvgIpc) is 3.25. The van der Waals surface area contributed by atoms with Gasteiger partial charge in [-0.2, -0.15) is 0 Å². The van der Waals surface area contributed by atoms with Crippen molar-refractivity contribution in [3.05, 3.63) is 70.6 Å². The molecule has 1 aromatic heterocycles. The highest BCUT2D eigenvalue weighted by Gasteiger charge is 2.24. The van der Waals surface area contributed by atoms with Crippen LogP contribution in [0.3, 0.4) is 0 Å². The molecule has 0 saturated carbocycles. The second-order valence-corrected chi connectivity index (χ2v) is 7.69. The third-order valence-electron chi connectivity index (χ3n) is 5.53. The Kier molecular flexibility index (Phi) is 5.38. The Morgan fingerprint density at radius 2 is 2.00 bits per heavy atom. The summed E-state index contributed by atoms with van der Waals surface area (Å²) in [5.41, 5.74) is 5.41. The second-order valence-electron chi connectivity index (χ2n) is 7.69. The molecule has 5 nitrogen and oxygen atoms in total. The van der Waals surface area contributed by atoms with Gasteiger partial charge in [0.15, 0.2) is 0 Å². The summed E-state index contributed by atoms with van der Waals surface area (Å²) in [6.07, 6.45) is 2.64.